The average molecular weight is 374 g/mol. The summed E-state index contributed by atoms with van der Waals surface area (Å²) in [5, 5.41) is 10.3. The summed E-state index contributed by atoms with van der Waals surface area (Å²) >= 11 is 0. The van der Waals surface area contributed by atoms with Crippen LogP contribution in [-0.4, -0.2) is 42.8 Å². The van der Waals surface area contributed by atoms with E-state index in [1.807, 2.05) is 0 Å². The lowest BCUT2D eigenvalue weighted by atomic mass is 9.90. The van der Waals surface area contributed by atoms with Gasteiger partial charge >= 0.3 is 5.97 Å². The van der Waals surface area contributed by atoms with Gasteiger partial charge in [-0.25, -0.2) is 4.79 Å². The molecule has 2 heterocycles. The van der Waals surface area contributed by atoms with Crippen molar-refractivity contribution in [3.8, 4) is 17.2 Å². The zero-order valence-corrected chi connectivity index (χ0v) is 15.8. The van der Waals surface area contributed by atoms with E-state index in [-0.39, 0.29) is 23.7 Å². The van der Waals surface area contributed by atoms with Crippen LogP contribution >= 0.6 is 0 Å². The summed E-state index contributed by atoms with van der Waals surface area (Å²) < 4.78 is 22.1. The second-order valence-electron chi connectivity index (χ2n) is 6.89. The van der Waals surface area contributed by atoms with E-state index in [1.54, 1.807) is 26.8 Å². The summed E-state index contributed by atoms with van der Waals surface area (Å²) in [6.45, 7) is 9.08. The van der Waals surface area contributed by atoms with Crippen molar-refractivity contribution in [1.82, 2.24) is 0 Å². The Morgan fingerprint density at radius 1 is 1.44 bits per heavy atom. The number of methoxy groups -OCH3 is 1. The maximum atomic E-state index is 12.2. The highest BCUT2D eigenvalue weighted by atomic mass is 16.6. The largest absolute Gasteiger partial charge is 0.496 e. The minimum Gasteiger partial charge on any atom is -0.496 e. The standard InChI is InChI=1S/C20H22O7/c1-6-25-19(22)18-12(9-21)10(2)16-14(27-18)8-13-11(17(16)24-5)7-15(26-13)20(3,4)23/h8-9,15,23H,2,6-7H2,1,3-5H3/t15-/m0/s1. The van der Waals surface area contributed by atoms with Crippen LogP contribution in [0.5, 0.6) is 17.2 Å². The average Bonchev–Trinajstić information content (AvgIpc) is 3.04. The van der Waals surface area contributed by atoms with E-state index in [1.165, 1.54) is 7.11 Å². The van der Waals surface area contributed by atoms with Crippen LogP contribution in [0.15, 0.2) is 24.0 Å². The van der Waals surface area contributed by atoms with Crippen molar-refractivity contribution in [2.24, 2.45) is 0 Å². The number of rotatable bonds is 5. The summed E-state index contributed by atoms with van der Waals surface area (Å²) in [5.41, 5.74) is 0.479. The van der Waals surface area contributed by atoms with Gasteiger partial charge in [-0.15, -0.1) is 0 Å². The fourth-order valence-electron chi connectivity index (χ4n) is 3.23. The van der Waals surface area contributed by atoms with Crippen LogP contribution in [0, 0.1) is 0 Å². The van der Waals surface area contributed by atoms with Gasteiger partial charge < -0.3 is 24.1 Å². The molecule has 7 heteroatoms. The van der Waals surface area contributed by atoms with Crippen LogP contribution in [0.4, 0.5) is 0 Å². The molecule has 0 amide bonds. The molecule has 2 aliphatic rings. The Bertz CT molecular complexity index is 858. The van der Waals surface area contributed by atoms with Gasteiger partial charge in [-0.2, -0.15) is 0 Å². The van der Waals surface area contributed by atoms with Crippen molar-refractivity contribution < 1.29 is 33.6 Å². The Morgan fingerprint density at radius 3 is 2.70 bits per heavy atom. The van der Waals surface area contributed by atoms with Gasteiger partial charge in [-0.1, -0.05) is 6.58 Å². The molecule has 7 nitrogen and oxygen atoms in total. The molecule has 0 bridgehead atoms. The smallest absolute Gasteiger partial charge is 0.375 e. The molecular formula is C20H22O7. The van der Waals surface area contributed by atoms with Crippen LogP contribution in [-0.2, 0) is 20.7 Å². The number of esters is 1. The van der Waals surface area contributed by atoms with Crippen LogP contribution < -0.4 is 14.2 Å². The Labute approximate surface area is 157 Å². The van der Waals surface area contributed by atoms with Crippen LogP contribution in [0.1, 0.15) is 31.9 Å². The van der Waals surface area contributed by atoms with Crippen molar-refractivity contribution in [2.75, 3.05) is 13.7 Å². The molecule has 0 saturated heterocycles. The molecule has 1 N–H and O–H groups in total. The third-order valence-corrected chi connectivity index (χ3v) is 4.62. The Balaban J connectivity index is 2.12. The van der Waals surface area contributed by atoms with E-state index in [0.29, 0.717) is 35.3 Å². The Hall–Kier alpha value is -2.80. The topological polar surface area (TPSA) is 91.3 Å². The zero-order chi connectivity index (χ0) is 19.9. The number of hydrogen-bond acceptors (Lipinski definition) is 7. The summed E-state index contributed by atoms with van der Waals surface area (Å²) in [5.74, 6) is 0.245. The van der Waals surface area contributed by atoms with Gasteiger partial charge in [0.05, 0.1) is 30.5 Å². The maximum Gasteiger partial charge on any atom is 0.375 e. The van der Waals surface area contributed by atoms with Crippen molar-refractivity contribution in [3.05, 3.63) is 35.1 Å². The fraction of sp³-hybridized carbons (Fsp3) is 0.400. The summed E-state index contributed by atoms with van der Waals surface area (Å²) in [6, 6.07) is 1.62. The highest BCUT2D eigenvalue weighted by Crippen LogP contribution is 2.50. The molecule has 0 unspecified atom stereocenters. The number of hydrogen-bond donors (Lipinski definition) is 1. The molecule has 0 saturated carbocycles. The number of carbonyl (C=O) groups excluding carboxylic acids is 2. The van der Waals surface area contributed by atoms with Gasteiger partial charge in [0.25, 0.3) is 0 Å². The molecule has 144 valence electrons. The lowest BCUT2D eigenvalue weighted by Gasteiger charge is -2.25. The molecular weight excluding hydrogens is 352 g/mol. The lowest BCUT2D eigenvalue weighted by molar-refractivity contribution is -0.141. The number of carbonyl (C=O) groups is 2. The van der Waals surface area contributed by atoms with E-state index in [4.69, 9.17) is 18.9 Å². The van der Waals surface area contributed by atoms with E-state index < -0.39 is 17.7 Å². The second kappa shape index (κ2) is 6.74. The Kier molecular flexibility index (Phi) is 4.73. The molecule has 0 radical (unpaired) electrons. The first-order chi connectivity index (χ1) is 12.7. The van der Waals surface area contributed by atoms with Crippen LogP contribution in [0.3, 0.4) is 0 Å². The summed E-state index contributed by atoms with van der Waals surface area (Å²) in [4.78, 5) is 23.8. The van der Waals surface area contributed by atoms with E-state index in [0.717, 1.165) is 5.56 Å². The number of aldehydes is 1. The minimum atomic E-state index is -1.06. The number of ether oxygens (including phenoxy) is 4. The van der Waals surface area contributed by atoms with Gasteiger partial charge in [0, 0.05) is 18.1 Å². The summed E-state index contributed by atoms with van der Waals surface area (Å²) in [7, 11) is 1.49. The zero-order valence-electron chi connectivity index (χ0n) is 15.8. The predicted molar refractivity (Wildman–Crippen MR) is 96.8 cm³/mol. The molecule has 1 aromatic carbocycles. The van der Waals surface area contributed by atoms with Gasteiger partial charge in [0.15, 0.2) is 6.29 Å². The van der Waals surface area contributed by atoms with Gasteiger partial charge in [-0.05, 0) is 26.3 Å². The molecule has 1 atom stereocenters. The predicted octanol–water partition coefficient (Wildman–Crippen LogP) is 2.19. The van der Waals surface area contributed by atoms with Crippen molar-refractivity contribution >= 4 is 17.8 Å². The first kappa shape index (κ1) is 19.0. The lowest BCUT2D eigenvalue weighted by Crippen LogP contribution is -2.39. The minimum absolute atomic E-state index is 0.0113. The van der Waals surface area contributed by atoms with E-state index in [9.17, 15) is 14.7 Å². The van der Waals surface area contributed by atoms with Crippen molar-refractivity contribution in [1.29, 1.82) is 0 Å². The molecule has 2 aliphatic heterocycles. The third-order valence-electron chi connectivity index (χ3n) is 4.62. The SMILES string of the molecule is C=C1C(C=O)=C(C(=O)OCC)Oc2cc3c(c(OC)c21)C[C@@H](C(C)(C)O)O3. The first-order valence-electron chi connectivity index (χ1n) is 8.59. The normalized spacial score (nSPS) is 18.3. The van der Waals surface area contributed by atoms with E-state index >= 15 is 0 Å². The molecule has 27 heavy (non-hydrogen) atoms. The molecule has 3 rings (SSSR count). The van der Waals surface area contributed by atoms with Crippen LogP contribution in [0.25, 0.3) is 5.57 Å². The van der Waals surface area contributed by atoms with Crippen molar-refractivity contribution in [3.63, 3.8) is 0 Å². The molecule has 0 aromatic heterocycles. The van der Waals surface area contributed by atoms with Crippen molar-refractivity contribution in [2.45, 2.75) is 38.9 Å². The number of fused-ring (bicyclic) bond motifs is 2. The highest BCUT2D eigenvalue weighted by Gasteiger charge is 2.40. The highest BCUT2D eigenvalue weighted by molar-refractivity contribution is 6.09. The third kappa shape index (κ3) is 3.08. The molecule has 0 aliphatic carbocycles. The second-order valence-corrected chi connectivity index (χ2v) is 6.89. The van der Waals surface area contributed by atoms with Gasteiger partial charge in [-0.3, -0.25) is 4.79 Å². The first-order valence-corrected chi connectivity index (χ1v) is 8.59. The monoisotopic (exact) mass is 374 g/mol. The molecule has 0 fully saturated rings. The summed E-state index contributed by atoms with van der Waals surface area (Å²) in [6.07, 6.45) is 0.467. The van der Waals surface area contributed by atoms with E-state index in [2.05, 4.69) is 6.58 Å². The molecule has 0 spiro atoms. The quantitative estimate of drug-likeness (QED) is 0.624. The molecule has 1 aromatic rings. The number of allylic oxidation sites excluding steroid dienone is 2. The fourth-order valence-corrected chi connectivity index (χ4v) is 3.23. The van der Waals surface area contributed by atoms with Gasteiger partial charge in [0.2, 0.25) is 5.76 Å². The van der Waals surface area contributed by atoms with Gasteiger partial charge in [0.1, 0.15) is 23.4 Å². The number of benzene rings is 1. The number of aliphatic hydroxyl groups is 1. The van der Waals surface area contributed by atoms with Crippen LogP contribution in [0.2, 0.25) is 0 Å². The maximum absolute atomic E-state index is 12.2. The Morgan fingerprint density at radius 2 is 2.15 bits per heavy atom.